The number of rotatable bonds is 7. The summed E-state index contributed by atoms with van der Waals surface area (Å²) in [5.41, 5.74) is 1.36. The summed E-state index contributed by atoms with van der Waals surface area (Å²) in [5, 5.41) is 3.65. The lowest BCUT2D eigenvalue weighted by Crippen LogP contribution is -2.43. The second-order valence-corrected chi connectivity index (χ2v) is 6.54. The first-order chi connectivity index (χ1) is 13.2. The maximum absolute atomic E-state index is 12.5. The topological polar surface area (TPSA) is 76.6 Å². The van der Waals surface area contributed by atoms with Crippen molar-refractivity contribution >= 4 is 17.5 Å². The van der Waals surface area contributed by atoms with Crippen LogP contribution >= 0.6 is 11.6 Å². The Balaban J connectivity index is 1.67. The number of morpholine rings is 1. The van der Waals surface area contributed by atoms with Gasteiger partial charge in [-0.2, -0.15) is 0 Å². The summed E-state index contributed by atoms with van der Waals surface area (Å²) >= 11 is 6.02. The first kappa shape index (κ1) is 19.5. The largest absolute Gasteiger partial charge is 0.477 e. The van der Waals surface area contributed by atoms with Crippen molar-refractivity contribution in [1.82, 2.24) is 20.2 Å². The van der Waals surface area contributed by atoms with Crippen LogP contribution < -0.4 is 10.1 Å². The van der Waals surface area contributed by atoms with Crippen LogP contribution in [0.4, 0.5) is 0 Å². The lowest BCUT2D eigenvalue weighted by Gasteiger charge is -2.35. The zero-order valence-corrected chi connectivity index (χ0v) is 16.0. The molecule has 1 N–H and O–H groups in total. The van der Waals surface area contributed by atoms with Gasteiger partial charge in [0.2, 0.25) is 5.88 Å². The Labute approximate surface area is 163 Å². The van der Waals surface area contributed by atoms with E-state index in [1.54, 1.807) is 0 Å². The molecule has 27 heavy (non-hydrogen) atoms. The van der Waals surface area contributed by atoms with E-state index in [1.165, 1.54) is 12.4 Å². The fraction of sp³-hybridized carbons (Fsp3) is 0.421. The number of ether oxygens (including phenoxy) is 2. The third kappa shape index (κ3) is 5.38. The van der Waals surface area contributed by atoms with Gasteiger partial charge < -0.3 is 14.8 Å². The summed E-state index contributed by atoms with van der Waals surface area (Å²) in [7, 11) is 0. The number of hydrogen-bond acceptors (Lipinski definition) is 6. The molecule has 0 aliphatic carbocycles. The van der Waals surface area contributed by atoms with Gasteiger partial charge in [-0.05, 0) is 24.6 Å². The van der Waals surface area contributed by atoms with E-state index in [1.807, 2.05) is 31.2 Å². The highest BCUT2D eigenvalue weighted by molar-refractivity contribution is 6.30. The molecule has 3 rings (SSSR count). The molecule has 2 heterocycles. The van der Waals surface area contributed by atoms with Crippen molar-refractivity contribution in [2.75, 3.05) is 39.5 Å². The number of carbonyl (C=O) groups excluding carboxylic acids is 1. The van der Waals surface area contributed by atoms with E-state index in [0.29, 0.717) is 37.3 Å². The van der Waals surface area contributed by atoms with Gasteiger partial charge in [0.1, 0.15) is 5.69 Å². The normalized spacial score (nSPS) is 15.9. The van der Waals surface area contributed by atoms with Gasteiger partial charge in [0.05, 0.1) is 38.3 Å². The number of nitrogens with zero attached hydrogens (tertiary/aromatic N) is 3. The summed E-state index contributed by atoms with van der Waals surface area (Å²) in [6, 6.07) is 7.75. The lowest BCUT2D eigenvalue weighted by molar-refractivity contribution is 0.0162. The molecule has 0 saturated carbocycles. The Bertz CT molecular complexity index is 734. The molecule has 8 heteroatoms. The summed E-state index contributed by atoms with van der Waals surface area (Å²) in [5.74, 6) is 0.138. The molecule has 1 aromatic carbocycles. The molecule has 7 nitrogen and oxygen atoms in total. The molecule has 1 saturated heterocycles. The van der Waals surface area contributed by atoms with Crippen molar-refractivity contribution in [1.29, 1.82) is 0 Å². The number of nitrogens with one attached hydrogen (secondary N) is 1. The zero-order chi connectivity index (χ0) is 19.1. The van der Waals surface area contributed by atoms with Crippen molar-refractivity contribution in [3.05, 3.63) is 52.9 Å². The molecule has 1 aliphatic rings. The second kappa shape index (κ2) is 9.64. The standard InChI is InChI=1S/C19H23ClN4O3/c1-2-27-18-13-21-16(11-22-18)19(25)23-12-17(24-7-9-26-10-8-24)14-3-5-15(20)6-4-14/h3-6,11,13,17H,2,7-10,12H2,1H3,(H,23,25). The Morgan fingerprint density at radius 2 is 2.00 bits per heavy atom. The second-order valence-electron chi connectivity index (χ2n) is 6.10. The van der Waals surface area contributed by atoms with Gasteiger partial charge in [-0.25, -0.2) is 9.97 Å². The van der Waals surface area contributed by atoms with Gasteiger partial charge in [0.15, 0.2) is 0 Å². The molecule has 144 valence electrons. The molecular formula is C19H23ClN4O3. The summed E-state index contributed by atoms with van der Waals surface area (Å²) < 4.78 is 10.7. The van der Waals surface area contributed by atoms with Crippen LogP contribution in [0.5, 0.6) is 5.88 Å². The van der Waals surface area contributed by atoms with Crippen molar-refractivity contribution in [2.45, 2.75) is 13.0 Å². The van der Waals surface area contributed by atoms with E-state index in [-0.39, 0.29) is 17.6 Å². The Hall–Kier alpha value is -2.22. The summed E-state index contributed by atoms with van der Waals surface area (Å²) in [4.78, 5) is 23.0. The third-order valence-corrected chi connectivity index (χ3v) is 4.60. The van der Waals surface area contributed by atoms with E-state index in [4.69, 9.17) is 21.1 Å². The van der Waals surface area contributed by atoms with E-state index in [2.05, 4.69) is 20.2 Å². The van der Waals surface area contributed by atoms with Crippen molar-refractivity contribution in [3.63, 3.8) is 0 Å². The Kier molecular flexibility index (Phi) is 6.98. The molecule has 1 unspecified atom stereocenters. The molecule has 1 amide bonds. The fourth-order valence-corrected chi connectivity index (χ4v) is 3.09. The average Bonchev–Trinajstić information content (AvgIpc) is 2.71. The summed E-state index contributed by atoms with van der Waals surface area (Å²) in [6.07, 6.45) is 2.88. The van der Waals surface area contributed by atoms with Crippen LogP contribution in [0.2, 0.25) is 5.02 Å². The highest BCUT2D eigenvalue weighted by atomic mass is 35.5. The number of aromatic nitrogens is 2. The Morgan fingerprint density at radius 3 is 2.63 bits per heavy atom. The van der Waals surface area contributed by atoms with Gasteiger partial charge in [-0.1, -0.05) is 23.7 Å². The van der Waals surface area contributed by atoms with Crippen LogP contribution in [0.15, 0.2) is 36.7 Å². The fourth-order valence-electron chi connectivity index (χ4n) is 2.97. The minimum Gasteiger partial charge on any atom is -0.477 e. The highest BCUT2D eigenvalue weighted by Gasteiger charge is 2.23. The molecule has 1 aromatic heterocycles. The van der Waals surface area contributed by atoms with Gasteiger partial charge in [-0.15, -0.1) is 0 Å². The van der Waals surface area contributed by atoms with Crippen molar-refractivity contribution in [3.8, 4) is 5.88 Å². The molecule has 0 radical (unpaired) electrons. The molecule has 2 aromatic rings. The van der Waals surface area contributed by atoms with Crippen LogP contribution in [-0.4, -0.2) is 60.2 Å². The number of halogens is 1. The molecule has 1 fully saturated rings. The van der Waals surface area contributed by atoms with Crippen LogP contribution in [-0.2, 0) is 4.74 Å². The van der Waals surface area contributed by atoms with Gasteiger partial charge in [0, 0.05) is 24.7 Å². The number of hydrogen-bond donors (Lipinski definition) is 1. The highest BCUT2D eigenvalue weighted by Crippen LogP contribution is 2.23. The van der Waals surface area contributed by atoms with Gasteiger partial charge in [-0.3, -0.25) is 9.69 Å². The first-order valence-electron chi connectivity index (χ1n) is 8.97. The molecule has 1 atom stereocenters. The Morgan fingerprint density at radius 1 is 1.26 bits per heavy atom. The monoisotopic (exact) mass is 390 g/mol. The van der Waals surface area contributed by atoms with Crippen molar-refractivity contribution < 1.29 is 14.3 Å². The van der Waals surface area contributed by atoms with E-state index in [9.17, 15) is 4.79 Å². The minimum atomic E-state index is -0.266. The molecular weight excluding hydrogens is 368 g/mol. The van der Waals surface area contributed by atoms with Crippen LogP contribution in [0.25, 0.3) is 0 Å². The van der Waals surface area contributed by atoms with Crippen molar-refractivity contribution in [2.24, 2.45) is 0 Å². The van der Waals surface area contributed by atoms with Gasteiger partial charge >= 0.3 is 0 Å². The third-order valence-electron chi connectivity index (χ3n) is 4.35. The van der Waals surface area contributed by atoms with Crippen LogP contribution in [0.1, 0.15) is 29.0 Å². The lowest BCUT2D eigenvalue weighted by atomic mass is 10.0. The smallest absolute Gasteiger partial charge is 0.271 e. The minimum absolute atomic E-state index is 0.0331. The van der Waals surface area contributed by atoms with E-state index in [0.717, 1.165) is 18.7 Å². The maximum atomic E-state index is 12.5. The summed E-state index contributed by atoms with van der Waals surface area (Å²) in [6.45, 7) is 5.81. The maximum Gasteiger partial charge on any atom is 0.271 e. The van der Waals surface area contributed by atoms with Gasteiger partial charge in [0.25, 0.3) is 5.91 Å². The van der Waals surface area contributed by atoms with Crippen LogP contribution in [0, 0.1) is 0 Å². The average molecular weight is 391 g/mol. The number of amides is 1. The van der Waals surface area contributed by atoms with Crippen LogP contribution in [0.3, 0.4) is 0 Å². The molecule has 1 aliphatic heterocycles. The molecule has 0 spiro atoms. The SMILES string of the molecule is CCOc1cnc(C(=O)NCC(c2ccc(Cl)cc2)N2CCOCC2)cn1. The number of carbonyl (C=O) groups is 1. The molecule has 0 bridgehead atoms. The van der Waals surface area contributed by atoms with E-state index < -0.39 is 0 Å². The first-order valence-corrected chi connectivity index (χ1v) is 9.35. The predicted molar refractivity (Wildman–Crippen MR) is 102 cm³/mol. The number of benzene rings is 1. The zero-order valence-electron chi connectivity index (χ0n) is 15.2. The van der Waals surface area contributed by atoms with E-state index >= 15 is 0 Å². The predicted octanol–water partition coefficient (Wildman–Crippen LogP) is 2.33. The quantitative estimate of drug-likeness (QED) is 0.782.